The Hall–Kier alpha value is -1.22. The predicted octanol–water partition coefficient (Wildman–Crippen LogP) is 2.79. The van der Waals surface area contributed by atoms with E-state index >= 15 is 0 Å². The zero-order chi connectivity index (χ0) is 11.5. The van der Waals surface area contributed by atoms with Crippen molar-refractivity contribution in [1.82, 2.24) is 0 Å². The zero-order valence-corrected chi connectivity index (χ0v) is 9.63. The number of hydrogen-bond acceptors (Lipinski definition) is 2. The van der Waals surface area contributed by atoms with Crippen molar-refractivity contribution in [3.05, 3.63) is 28.8 Å². The Kier molecular flexibility index (Phi) is 3.34. The van der Waals surface area contributed by atoms with Gasteiger partial charge in [0.05, 0.1) is 10.7 Å². The quantitative estimate of drug-likeness (QED) is 0.835. The summed E-state index contributed by atoms with van der Waals surface area (Å²) in [5, 5.41) is 12.8. The van der Waals surface area contributed by atoms with Gasteiger partial charge in [-0.15, -0.1) is 0 Å². The van der Waals surface area contributed by atoms with Crippen LogP contribution in [0.1, 0.15) is 18.4 Å². The largest absolute Gasteiger partial charge is 0.481 e. The van der Waals surface area contributed by atoms with E-state index in [0.717, 1.165) is 30.6 Å². The minimum absolute atomic E-state index is 0.199. The van der Waals surface area contributed by atoms with Crippen molar-refractivity contribution >= 4 is 23.3 Å². The highest BCUT2D eigenvalue weighted by molar-refractivity contribution is 6.33. The first-order valence-corrected chi connectivity index (χ1v) is 5.77. The summed E-state index contributed by atoms with van der Waals surface area (Å²) in [7, 11) is 0. The molecule has 2 N–H and O–H groups in total. The number of fused-ring (bicyclic) bond motifs is 1. The monoisotopic (exact) mass is 239 g/mol. The molecule has 0 spiro atoms. The van der Waals surface area contributed by atoms with E-state index < -0.39 is 5.97 Å². The molecule has 0 radical (unpaired) electrons. The Morgan fingerprint density at radius 3 is 3.12 bits per heavy atom. The van der Waals surface area contributed by atoms with Crippen LogP contribution in [0.4, 0.5) is 5.69 Å². The van der Waals surface area contributed by atoms with E-state index in [1.165, 1.54) is 0 Å². The molecule has 1 atom stereocenters. The van der Waals surface area contributed by atoms with E-state index in [1.807, 2.05) is 18.2 Å². The molecule has 0 fully saturated rings. The Labute approximate surface area is 99.4 Å². The van der Waals surface area contributed by atoms with Crippen molar-refractivity contribution in [2.24, 2.45) is 5.92 Å². The molecule has 1 aromatic carbocycles. The van der Waals surface area contributed by atoms with Crippen molar-refractivity contribution in [2.45, 2.75) is 19.3 Å². The second kappa shape index (κ2) is 4.74. The summed E-state index contributed by atoms with van der Waals surface area (Å²) >= 11 is 6.09. The van der Waals surface area contributed by atoms with Gasteiger partial charge in [0, 0.05) is 13.0 Å². The standard InChI is InChI=1S/C12H14ClNO2/c13-10-3-1-2-9-6-8(7-11(15)16)4-5-14-12(9)10/h1-3,8,14H,4-7H2,(H,15,16). The summed E-state index contributed by atoms with van der Waals surface area (Å²) in [5.41, 5.74) is 2.09. The van der Waals surface area contributed by atoms with Crippen LogP contribution in [0.25, 0.3) is 0 Å². The number of hydrogen-bond donors (Lipinski definition) is 2. The number of rotatable bonds is 2. The van der Waals surface area contributed by atoms with E-state index in [2.05, 4.69) is 5.32 Å². The van der Waals surface area contributed by atoms with Crippen LogP contribution in [-0.2, 0) is 11.2 Å². The summed E-state index contributed by atoms with van der Waals surface area (Å²) in [6.45, 7) is 0.786. The van der Waals surface area contributed by atoms with Gasteiger partial charge in [-0.2, -0.15) is 0 Å². The topological polar surface area (TPSA) is 49.3 Å². The van der Waals surface area contributed by atoms with Crippen molar-refractivity contribution in [1.29, 1.82) is 0 Å². The lowest BCUT2D eigenvalue weighted by atomic mass is 9.94. The molecular weight excluding hydrogens is 226 g/mol. The smallest absolute Gasteiger partial charge is 0.303 e. The number of anilines is 1. The summed E-state index contributed by atoms with van der Waals surface area (Å²) in [5.74, 6) is -0.528. The SMILES string of the molecule is O=C(O)CC1CCNc2c(Cl)cccc2C1. The van der Waals surface area contributed by atoms with Crippen LogP contribution in [0.3, 0.4) is 0 Å². The highest BCUT2D eigenvalue weighted by Crippen LogP contribution is 2.31. The molecule has 1 aliphatic rings. The number of aliphatic carboxylic acids is 1. The molecule has 86 valence electrons. The zero-order valence-electron chi connectivity index (χ0n) is 8.87. The Morgan fingerprint density at radius 1 is 1.56 bits per heavy atom. The molecular formula is C12H14ClNO2. The maximum absolute atomic E-state index is 10.7. The lowest BCUT2D eigenvalue weighted by Gasteiger charge is -2.11. The molecule has 0 bridgehead atoms. The van der Waals surface area contributed by atoms with Gasteiger partial charge in [-0.1, -0.05) is 23.7 Å². The van der Waals surface area contributed by atoms with Gasteiger partial charge in [-0.25, -0.2) is 0 Å². The molecule has 1 unspecified atom stereocenters. The number of carboxylic acid groups (broad SMARTS) is 1. The number of halogens is 1. The van der Waals surface area contributed by atoms with Gasteiger partial charge < -0.3 is 10.4 Å². The van der Waals surface area contributed by atoms with Crippen LogP contribution in [-0.4, -0.2) is 17.6 Å². The molecule has 4 heteroatoms. The second-order valence-corrected chi connectivity index (χ2v) is 4.56. The molecule has 0 aromatic heterocycles. The van der Waals surface area contributed by atoms with Crippen molar-refractivity contribution < 1.29 is 9.90 Å². The minimum Gasteiger partial charge on any atom is -0.481 e. The fraction of sp³-hybridized carbons (Fsp3) is 0.417. The summed E-state index contributed by atoms with van der Waals surface area (Å²) in [6.07, 6.45) is 1.89. The van der Waals surface area contributed by atoms with E-state index in [-0.39, 0.29) is 12.3 Å². The third-order valence-electron chi connectivity index (χ3n) is 2.93. The van der Waals surface area contributed by atoms with Crippen LogP contribution < -0.4 is 5.32 Å². The fourth-order valence-electron chi connectivity index (χ4n) is 2.17. The van der Waals surface area contributed by atoms with Crippen LogP contribution in [0.5, 0.6) is 0 Å². The molecule has 1 heterocycles. The molecule has 0 aliphatic carbocycles. The van der Waals surface area contributed by atoms with Gasteiger partial charge in [0.15, 0.2) is 0 Å². The fourth-order valence-corrected chi connectivity index (χ4v) is 2.43. The number of carbonyl (C=O) groups is 1. The van der Waals surface area contributed by atoms with Gasteiger partial charge in [0.25, 0.3) is 0 Å². The van der Waals surface area contributed by atoms with Crippen molar-refractivity contribution in [3.63, 3.8) is 0 Å². The molecule has 0 amide bonds. The van der Waals surface area contributed by atoms with Gasteiger partial charge in [0.2, 0.25) is 0 Å². The Bertz CT molecular complexity index is 406. The van der Waals surface area contributed by atoms with Gasteiger partial charge in [-0.3, -0.25) is 4.79 Å². The summed E-state index contributed by atoms with van der Waals surface area (Å²) in [6, 6.07) is 5.77. The predicted molar refractivity (Wildman–Crippen MR) is 64.0 cm³/mol. The average molecular weight is 240 g/mol. The highest BCUT2D eigenvalue weighted by Gasteiger charge is 2.19. The van der Waals surface area contributed by atoms with Crippen LogP contribution in [0, 0.1) is 5.92 Å². The maximum atomic E-state index is 10.7. The van der Waals surface area contributed by atoms with Crippen LogP contribution >= 0.6 is 11.6 Å². The molecule has 3 nitrogen and oxygen atoms in total. The highest BCUT2D eigenvalue weighted by atomic mass is 35.5. The van der Waals surface area contributed by atoms with Gasteiger partial charge in [0.1, 0.15) is 0 Å². The molecule has 16 heavy (non-hydrogen) atoms. The number of nitrogens with one attached hydrogen (secondary N) is 1. The summed E-state index contributed by atoms with van der Waals surface area (Å²) < 4.78 is 0. The second-order valence-electron chi connectivity index (χ2n) is 4.16. The van der Waals surface area contributed by atoms with E-state index in [9.17, 15) is 4.79 Å². The maximum Gasteiger partial charge on any atom is 0.303 e. The minimum atomic E-state index is -0.726. The molecule has 1 aromatic rings. The van der Waals surface area contributed by atoms with Crippen LogP contribution in [0.15, 0.2) is 18.2 Å². The molecule has 1 aliphatic heterocycles. The Balaban J connectivity index is 2.21. The average Bonchev–Trinajstić information content (AvgIpc) is 2.39. The normalized spacial score (nSPS) is 19.4. The van der Waals surface area contributed by atoms with Gasteiger partial charge >= 0.3 is 5.97 Å². The molecule has 2 rings (SSSR count). The third kappa shape index (κ3) is 2.47. The number of para-hydroxylation sites is 1. The van der Waals surface area contributed by atoms with Crippen molar-refractivity contribution in [3.8, 4) is 0 Å². The molecule has 0 saturated carbocycles. The third-order valence-corrected chi connectivity index (χ3v) is 3.24. The first-order chi connectivity index (χ1) is 7.66. The first-order valence-electron chi connectivity index (χ1n) is 5.40. The summed E-state index contributed by atoms with van der Waals surface area (Å²) in [4.78, 5) is 10.7. The van der Waals surface area contributed by atoms with Crippen molar-refractivity contribution in [2.75, 3.05) is 11.9 Å². The first kappa shape index (κ1) is 11.3. The van der Waals surface area contributed by atoms with E-state index in [4.69, 9.17) is 16.7 Å². The van der Waals surface area contributed by atoms with E-state index in [1.54, 1.807) is 0 Å². The lowest BCUT2D eigenvalue weighted by molar-refractivity contribution is -0.138. The van der Waals surface area contributed by atoms with Crippen LogP contribution in [0.2, 0.25) is 5.02 Å². The van der Waals surface area contributed by atoms with Gasteiger partial charge in [-0.05, 0) is 30.4 Å². The number of carboxylic acids is 1. The van der Waals surface area contributed by atoms with E-state index in [0.29, 0.717) is 5.02 Å². The lowest BCUT2D eigenvalue weighted by Crippen LogP contribution is -2.11. The number of benzene rings is 1. The molecule has 0 saturated heterocycles. The Morgan fingerprint density at radius 2 is 2.38 bits per heavy atom.